The van der Waals surface area contributed by atoms with Crippen LogP contribution in [0.15, 0.2) is 11.6 Å². The molecule has 3 heteroatoms. The average Bonchev–Trinajstić information content (AvgIpc) is 2.80. The maximum Gasteiger partial charge on any atom is 0.310 e. The van der Waals surface area contributed by atoms with Crippen LogP contribution in [0.2, 0.25) is 0 Å². The molecule has 6 rings (SSSR count). The van der Waals surface area contributed by atoms with Crippen molar-refractivity contribution in [3.05, 3.63) is 11.6 Å². The van der Waals surface area contributed by atoms with Crippen molar-refractivity contribution in [2.75, 3.05) is 0 Å². The molecule has 0 radical (unpaired) electrons. The van der Waals surface area contributed by atoms with Crippen LogP contribution in [-0.2, 0) is 4.79 Å². The molecule has 208 valence electrons. The Morgan fingerprint density at radius 3 is 2.27 bits per heavy atom. The van der Waals surface area contributed by atoms with Crippen LogP contribution >= 0.6 is 0 Å². The lowest BCUT2D eigenvalue weighted by atomic mass is 9.36. The Kier molecular flexibility index (Phi) is 5.62. The van der Waals surface area contributed by atoms with Gasteiger partial charge >= 0.3 is 5.97 Å². The summed E-state index contributed by atoms with van der Waals surface area (Å²) in [6.07, 6.45) is 15.8. The number of aliphatic carboxylic acids is 1. The van der Waals surface area contributed by atoms with Crippen molar-refractivity contribution < 1.29 is 15.0 Å². The Hall–Kier alpha value is -0.830. The fourth-order valence-electron chi connectivity index (χ4n) is 12.3. The van der Waals surface area contributed by atoms with E-state index in [0.717, 1.165) is 56.8 Å². The Morgan fingerprint density at radius 1 is 0.865 bits per heavy atom. The minimum atomic E-state index is -0.533. The fraction of sp³-hybridized carbons (Fsp3) is 0.912. The summed E-state index contributed by atoms with van der Waals surface area (Å²) >= 11 is 0. The summed E-state index contributed by atoms with van der Waals surface area (Å²) in [6.45, 7) is 17.2. The standard InChI is InChI=1S/C34H54O3/c1-29(2)14-16-34(28(36)37)17-15-32(6)22(24(34)19-29)9-8-21-18-26-31(5,20-23(21)32)12-10-25-30(3,4)27(35)11-13-33(25,26)7/h9,21,23-27,35H,8,10-20H2,1-7H3,(H,36,37)/t21?,23?,24-,25-,26-,27-,31-,32+,33-,34-/m0/s1. The second-order valence-electron chi connectivity index (χ2n) is 17.2. The first kappa shape index (κ1) is 26.4. The number of hydrogen-bond donors (Lipinski definition) is 2. The highest BCUT2D eigenvalue weighted by Gasteiger charge is 2.66. The van der Waals surface area contributed by atoms with Gasteiger partial charge in [0.25, 0.3) is 0 Å². The van der Waals surface area contributed by atoms with Crippen LogP contribution in [0.25, 0.3) is 0 Å². The van der Waals surface area contributed by atoms with Gasteiger partial charge in [0.1, 0.15) is 0 Å². The van der Waals surface area contributed by atoms with E-state index in [-0.39, 0.29) is 28.3 Å². The van der Waals surface area contributed by atoms with E-state index in [2.05, 4.69) is 54.5 Å². The van der Waals surface area contributed by atoms with Crippen LogP contribution < -0.4 is 0 Å². The molecule has 0 aromatic heterocycles. The maximum atomic E-state index is 12.8. The van der Waals surface area contributed by atoms with Crippen molar-refractivity contribution in [3.8, 4) is 0 Å². The van der Waals surface area contributed by atoms with Crippen molar-refractivity contribution in [1.29, 1.82) is 0 Å². The van der Waals surface area contributed by atoms with Crippen LogP contribution in [0.1, 0.15) is 126 Å². The molecule has 0 spiro atoms. The van der Waals surface area contributed by atoms with Crippen molar-refractivity contribution in [2.24, 2.45) is 62.1 Å². The number of aliphatic hydroxyl groups excluding tert-OH is 1. The van der Waals surface area contributed by atoms with Gasteiger partial charge in [-0.2, -0.15) is 0 Å². The second kappa shape index (κ2) is 7.88. The molecule has 5 saturated carbocycles. The lowest BCUT2D eigenvalue weighted by molar-refractivity contribution is -0.201. The molecule has 10 atom stereocenters. The van der Waals surface area contributed by atoms with Gasteiger partial charge in [-0.1, -0.05) is 60.1 Å². The van der Waals surface area contributed by atoms with Crippen LogP contribution in [0.4, 0.5) is 0 Å². The zero-order valence-corrected chi connectivity index (χ0v) is 24.8. The van der Waals surface area contributed by atoms with E-state index in [0.29, 0.717) is 22.7 Å². The molecule has 0 aromatic rings. The van der Waals surface area contributed by atoms with E-state index < -0.39 is 11.4 Å². The summed E-state index contributed by atoms with van der Waals surface area (Å²) in [5.41, 5.74) is 2.11. The van der Waals surface area contributed by atoms with E-state index in [1.807, 2.05) is 0 Å². The molecule has 0 heterocycles. The van der Waals surface area contributed by atoms with Gasteiger partial charge in [-0.15, -0.1) is 0 Å². The van der Waals surface area contributed by atoms with Crippen molar-refractivity contribution >= 4 is 5.97 Å². The van der Waals surface area contributed by atoms with E-state index in [4.69, 9.17) is 0 Å². The average molecular weight is 511 g/mol. The number of carboxylic acids is 1. The van der Waals surface area contributed by atoms with Crippen molar-refractivity contribution in [1.82, 2.24) is 0 Å². The first-order valence-electron chi connectivity index (χ1n) is 15.7. The third kappa shape index (κ3) is 3.43. The minimum Gasteiger partial charge on any atom is -0.481 e. The zero-order chi connectivity index (χ0) is 26.8. The number of hydrogen-bond acceptors (Lipinski definition) is 2. The summed E-state index contributed by atoms with van der Waals surface area (Å²) in [6, 6.07) is 0. The third-order valence-corrected chi connectivity index (χ3v) is 14.6. The number of rotatable bonds is 1. The van der Waals surface area contributed by atoms with Crippen LogP contribution in [0.5, 0.6) is 0 Å². The van der Waals surface area contributed by atoms with E-state index in [1.165, 1.54) is 32.1 Å². The van der Waals surface area contributed by atoms with Gasteiger partial charge in [-0.25, -0.2) is 0 Å². The molecule has 5 fully saturated rings. The molecular formula is C34H54O3. The van der Waals surface area contributed by atoms with Gasteiger partial charge < -0.3 is 10.2 Å². The molecule has 0 aromatic carbocycles. The predicted molar refractivity (Wildman–Crippen MR) is 149 cm³/mol. The highest BCUT2D eigenvalue weighted by Crippen LogP contribution is 2.73. The summed E-state index contributed by atoms with van der Waals surface area (Å²) in [5, 5.41) is 21.5. The zero-order valence-electron chi connectivity index (χ0n) is 24.8. The summed E-state index contributed by atoms with van der Waals surface area (Å²) in [4.78, 5) is 12.8. The number of fused-ring (bicyclic) bond motifs is 8. The minimum absolute atomic E-state index is 0.00805. The van der Waals surface area contributed by atoms with Gasteiger partial charge in [0.2, 0.25) is 0 Å². The smallest absolute Gasteiger partial charge is 0.310 e. The Labute approximate surface area is 226 Å². The van der Waals surface area contributed by atoms with Gasteiger partial charge in [0.15, 0.2) is 0 Å². The molecule has 0 aliphatic heterocycles. The first-order chi connectivity index (χ1) is 17.1. The normalized spacial score (nSPS) is 53.9. The highest BCUT2D eigenvalue weighted by atomic mass is 16.4. The second-order valence-corrected chi connectivity index (χ2v) is 17.2. The van der Waals surface area contributed by atoms with E-state index in [1.54, 1.807) is 5.57 Å². The Bertz CT molecular complexity index is 1010. The lowest BCUT2D eigenvalue weighted by Crippen LogP contribution is -2.62. The Morgan fingerprint density at radius 2 is 1.57 bits per heavy atom. The fourth-order valence-corrected chi connectivity index (χ4v) is 12.3. The SMILES string of the molecule is CC1(C)CC[C@]2(C(=O)O)CC[C@]3(C)C(=CCC4C[C@H]5[C@@](C)(CC[C@H]6C(C)(C)[C@@H](O)CC[C@@]65C)CC43)[C@@H]2C1. The summed E-state index contributed by atoms with van der Waals surface area (Å²) in [5.74, 6) is 2.45. The molecule has 0 amide bonds. The van der Waals surface area contributed by atoms with Gasteiger partial charge in [0.05, 0.1) is 11.5 Å². The van der Waals surface area contributed by atoms with E-state index in [9.17, 15) is 15.0 Å². The molecule has 2 unspecified atom stereocenters. The number of aliphatic hydroxyl groups is 1. The topological polar surface area (TPSA) is 57.5 Å². The molecule has 6 aliphatic carbocycles. The van der Waals surface area contributed by atoms with E-state index >= 15 is 0 Å². The monoisotopic (exact) mass is 510 g/mol. The van der Waals surface area contributed by atoms with Crippen molar-refractivity contribution in [2.45, 2.75) is 132 Å². The molecule has 0 bridgehead atoms. The number of carbonyl (C=O) groups is 1. The highest BCUT2D eigenvalue weighted by molar-refractivity contribution is 5.76. The third-order valence-electron chi connectivity index (χ3n) is 14.6. The molecule has 6 aliphatic rings. The van der Waals surface area contributed by atoms with Crippen LogP contribution in [-0.4, -0.2) is 22.3 Å². The van der Waals surface area contributed by atoms with Crippen molar-refractivity contribution in [3.63, 3.8) is 0 Å². The summed E-state index contributed by atoms with van der Waals surface area (Å²) < 4.78 is 0. The predicted octanol–water partition coefficient (Wildman–Crippen LogP) is 8.26. The van der Waals surface area contributed by atoms with Gasteiger partial charge in [-0.05, 0) is 134 Å². The lowest BCUT2D eigenvalue weighted by Gasteiger charge is -2.69. The molecular weight excluding hydrogens is 456 g/mol. The van der Waals surface area contributed by atoms with Gasteiger partial charge in [0, 0.05) is 0 Å². The molecule has 37 heavy (non-hydrogen) atoms. The molecule has 0 saturated heterocycles. The van der Waals surface area contributed by atoms with Crippen LogP contribution in [0, 0.1) is 62.1 Å². The molecule has 2 N–H and O–H groups in total. The largest absolute Gasteiger partial charge is 0.481 e. The maximum absolute atomic E-state index is 12.8. The Balaban J connectivity index is 1.36. The molecule has 3 nitrogen and oxygen atoms in total. The van der Waals surface area contributed by atoms with Gasteiger partial charge in [-0.3, -0.25) is 4.79 Å². The van der Waals surface area contributed by atoms with Crippen LogP contribution in [0.3, 0.4) is 0 Å². The number of allylic oxidation sites excluding steroid dienone is 2. The first-order valence-corrected chi connectivity index (χ1v) is 15.7. The number of carboxylic acid groups (broad SMARTS) is 1. The summed E-state index contributed by atoms with van der Waals surface area (Å²) in [7, 11) is 0. The quantitative estimate of drug-likeness (QED) is 0.349.